The average molecular weight is 415 g/mol. The molecule has 0 unspecified atom stereocenters. The highest BCUT2D eigenvalue weighted by Gasteiger charge is 2.28. The van der Waals surface area contributed by atoms with Crippen LogP contribution in [0.3, 0.4) is 0 Å². The number of carbonyl (C=O) groups is 2. The molecule has 0 spiro atoms. The Morgan fingerprint density at radius 3 is 2.45 bits per heavy atom. The van der Waals surface area contributed by atoms with Crippen LogP contribution in [0.25, 0.3) is 11.0 Å². The number of nitrogens with zero attached hydrogens (tertiary/aromatic N) is 3. The fourth-order valence-corrected chi connectivity index (χ4v) is 3.08. The molecule has 0 saturated carbocycles. The molecule has 0 aliphatic heterocycles. The van der Waals surface area contributed by atoms with Crippen LogP contribution in [0.4, 0.5) is 0 Å². The van der Waals surface area contributed by atoms with Crippen molar-refractivity contribution in [2.75, 3.05) is 7.11 Å². The lowest BCUT2D eigenvalue weighted by atomic mass is 10.1. The fraction of sp³-hybridized carbons (Fsp3) is 0.0870. The molecule has 31 heavy (non-hydrogen) atoms. The number of methoxy groups -OCH3 is 1. The van der Waals surface area contributed by atoms with E-state index in [1.54, 1.807) is 42.5 Å². The third-order valence-electron chi connectivity index (χ3n) is 4.64. The number of rotatable bonds is 6. The van der Waals surface area contributed by atoms with E-state index in [2.05, 4.69) is 9.97 Å². The molecule has 0 saturated heterocycles. The van der Waals surface area contributed by atoms with Gasteiger partial charge in [0.1, 0.15) is 17.9 Å². The van der Waals surface area contributed by atoms with E-state index >= 15 is 0 Å². The molecule has 2 aromatic carbocycles. The second kappa shape index (κ2) is 8.58. The molecule has 0 N–H and O–H groups in total. The molecule has 154 valence electrons. The van der Waals surface area contributed by atoms with Gasteiger partial charge in [0.25, 0.3) is 11.5 Å². The smallest absolute Gasteiger partial charge is 0.338 e. The monoisotopic (exact) mass is 415 g/mol. The molecule has 0 amide bonds. The number of fused-ring (bicyclic) bond motifs is 1. The summed E-state index contributed by atoms with van der Waals surface area (Å²) in [6.45, 7) is -0.348. The zero-order valence-corrected chi connectivity index (χ0v) is 16.5. The highest BCUT2D eigenvalue weighted by atomic mass is 16.5. The van der Waals surface area contributed by atoms with E-state index in [9.17, 15) is 14.8 Å². The van der Waals surface area contributed by atoms with Gasteiger partial charge in [-0.15, -0.1) is 0 Å². The molecule has 0 atom stereocenters. The van der Waals surface area contributed by atoms with Crippen molar-refractivity contribution in [2.24, 2.45) is 0 Å². The van der Waals surface area contributed by atoms with E-state index < -0.39 is 11.8 Å². The first-order chi connectivity index (χ1) is 15.1. The SMILES string of the molecule is COc1ccc2nc(COC(=O)c3ccncc3)c(C(=O)c3ccccc3)[n+]([O-])c2c1. The van der Waals surface area contributed by atoms with Crippen LogP contribution in [0.1, 0.15) is 32.1 Å². The van der Waals surface area contributed by atoms with Crippen LogP contribution < -0.4 is 9.47 Å². The maximum atomic E-state index is 13.2. The molecule has 4 aromatic rings. The van der Waals surface area contributed by atoms with Gasteiger partial charge in [0.05, 0.1) is 18.7 Å². The molecule has 2 heterocycles. The molecule has 2 aromatic heterocycles. The first kappa shape index (κ1) is 20.0. The molecule has 8 nitrogen and oxygen atoms in total. The normalized spacial score (nSPS) is 10.6. The first-order valence-corrected chi connectivity index (χ1v) is 9.35. The van der Waals surface area contributed by atoms with Crippen LogP contribution in [0, 0.1) is 5.21 Å². The Balaban J connectivity index is 1.78. The minimum Gasteiger partial charge on any atom is -0.618 e. The van der Waals surface area contributed by atoms with Crippen LogP contribution >= 0.6 is 0 Å². The van der Waals surface area contributed by atoms with Crippen molar-refractivity contribution in [1.29, 1.82) is 0 Å². The summed E-state index contributed by atoms with van der Waals surface area (Å²) < 4.78 is 11.0. The highest BCUT2D eigenvalue weighted by Crippen LogP contribution is 2.20. The maximum absolute atomic E-state index is 13.2. The van der Waals surface area contributed by atoms with Crippen molar-refractivity contribution < 1.29 is 23.8 Å². The Morgan fingerprint density at radius 1 is 1.00 bits per heavy atom. The third kappa shape index (κ3) is 4.04. The van der Waals surface area contributed by atoms with Gasteiger partial charge < -0.3 is 14.7 Å². The quantitative estimate of drug-likeness (QED) is 0.206. The predicted octanol–water partition coefficient (Wildman–Crippen LogP) is 2.86. The largest absolute Gasteiger partial charge is 0.618 e. The number of esters is 1. The summed E-state index contributed by atoms with van der Waals surface area (Å²) in [6.07, 6.45) is 2.93. The van der Waals surface area contributed by atoms with Crippen molar-refractivity contribution >= 4 is 22.8 Å². The Hall–Kier alpha value is -4.33. The van der Waals surface area contributed by atoms with E-state index in [4.69, 9.17) is 9.47 Å². The van der Waals surface area contributed by atoms with Crippen molar-refractivity contribution in [2.45, 2.75) is 6.61 Å². The number of pyridine rings is 1. The second-order valence-electron chi connectivity index (χ2n) is 6.56. The Bertz CT molecular complexity index is 1260. The number of benzene rings is 2. The third-order valence-corrected chi connectivity index (χ3v) is 4.64. The van der Waals surface area contributed by atoms with E-state index in [-0.39, 0.29) is 23.5 Å². The standard InChI is InChI=1S/C23H17N3O5/c1-30-17-7-8-18-20(13-17)26(29)21(22(27)15-5-3-2-4-6-15)19(25-18)14-31-23(28)16-9-11-24-12-10-16/h2-13H,14H2,1H3. The van der Waals surface area contributed by atoms with E-state index in [0.29, 0.717) is 27.1 Å². The molecular weight excluding hydrogens is 398 g/mol. The zero-order valence-electron chi connectivity index (χ0n) is 16.5. The van der Waals surface area contributed by atoms with Crippen molar-refractivity contribution in [3.8, 4) is 5.75 Å². The molecule has 0 radical (unpaired) electrons. The van der Waals surface area contributed by atoms with Gasteiger partial charge in [0.15, 0.2) is 5.69 Å². The number of ketones is 1. The van der Waals surface area contributed by atoms with Crippen molar-refractivity contribution in [1.82, 2.24) is 9.97 Å². The minimum absolute atomic E-state index is 0.0592. The minimum atomic E-state index is -0.616. The number of hydrogen-bond acceptors (Lipinski definition) is 7. The Labute approximate surface area is 177 Å². The highest BCUT2D eigenvalue weighted by molar-refractivity contribution is 6.07. The average Bonchev–Trinajstić information content (AvgIpc) is 2.83. The first-order valence-electron chi connectivity index (χ1n) is 9.35. The summed E-state index contributed by atoms with van der Waals surface area (Å²) in [7, 11) is 1.48. The molecule has 0 aliphatic rings. The lowest BCUT2D eigenvalue weighted by Crippen LogP contribution is -2.38. The van der Waals surface area contributed by atoms with Crippen molar-refractivity contribution in [3.05, 3.63) is 101 Å². The number of carbonyl (C=O) groups excluding carboxylic acids is 2. The van der Waals surface area contributed by atoms with Gasteiger partial charge in [0, 0.05) is 18.0 Å². The Kier molecular flexibility index (Phi) is 5.53. The van der Waals surface area contributed by atoms with E-state index in [0.717, 1.165) is 0 Å². The molecule has 0 bridgehead atoms. The number of hydrogen-bond donors (Lipinski definition) is 0. The van der Waals surface area contributed by atoms with Gasteiger partial charge in [-0.3, -0.25) is 9.78 Å². The summed E-state index contributed by atoms with van der Waals surface area (Å²) in [5.74, 6) is -0.689. The van der Waals surface area contributed by atoms with Gasteiger partial charge in [-0.2, -0.15) is 4.73 Å². The summed E-state index contributed by atoms with van der Waals surface area (Å²) in [5.41, 5.74) is 0.973. The van der Waals surface area contributed by atoms with Crippen LogP contribution in [0.5, 0.6) is 5.75 Å². The molecule has 0 fully saturated rings. The van der Waals surface area contributed by atoms with Crippen LogP contribution in [-0.4, -0.2) is 28.8 Å². The summed E-state index contributed by atoms with van der Waals surface area (Å²) in [6, 6.07) is 16.1. The summed E-state index contributed by atoms with van der Waals surface area (Å²) in [5, 5.41) is 13.2. The zero-order chi connectivity index (χ0) is 21.8. The van der Waals surface area contributed by atoms with Crippen molar-refractivity contribution in [3.63, 3.8) is 0 Å². The van der Waals surface area contributed by atoms with Crippen LogP contribution in [0.2, 0.25) is 0 Å². The van der Waals surface area contributed by atoms with Gasteiger partial charge in [-0.25, -0.2) is 9.78 Å². The topological polar surface area (TPSA) is 105 Å². The van der Waals surface area contributed by atoms with Gasteiger partial charge >= 0.3 is 5.97 Å². The molecule has 8 heteroatoms. The van der Waals surface area contributed by atoms with Gasteiger partial charge in [-0.1, -0.05) is 30.3 Å². The van der Waals surface area contributed by atoms with Gasteiger partial charge in [0.2, 0.25) is 5.52 Å². The molecule has 0 aliphatic carbocycles. The summed E-state index contributed by atoms with van der Waals surface area (Å²) in [4.78, 5) is 33.8. The Morgan fingerprint density at radius 2 is 1.74 bits per heavy atom. The predicted molar refractivity (Wildman–Crippen MR) is 110 cm³/mol. The molecular formula is C23H17N3O5. The lowest BCUT2D eigenvalue weighted by Gasteiger charge is -2.12. The number of aromatic nitrogens is 3. The number of ether oxygens (including phenoxy) is 2. The summed E-state index contributed by atoms with van der Waals surface area (Å²) >= 11 is 0. The lowest BCUT2D eigenvalue weighted by molar-refractivity contribution is -0.580. The van der Waals surface area contributed by atoms with E-state index in [1.807, 2.05) is 0 Å². The fourth-order valence-electron chi connectivity index (χ4n) is 3.08. The van der Waals surface area contributed by atoms with Crippen LogP contribution in [0.15, 0.2) is 73.1 Å². The van der Waals surface area contributed by atoms with E-state index in [1.165, 1.54) is 37.7 Å². The molecule has 4 rings (SSSR count). The second-order valence-corrected chi connectivity index (χ2v) is 6.56. The van der Waals surface area contributed by atoms with Crippen LogP contribution in [-0.2, 0) is 11.3 Å². The maximum Gasteiger partial charge on any atom is 0.338 e. The van der Waals surface area contributed by atoms with Gasteiger partial charge in [-0.05, 0) is 24.3 Å².